The predicted molar refractivity (Wildman–Crippen MR) is 91.9 cm³/mol. The molecule has 3 aromatic carbocycles. The molecule has 0 atom stereocenters. The van der Waals surface area contributed by atoms with Gasteiger partial charge in [0.25, 0.3) is 0 Å². The summed E-state index contributed by atoms with van der Waals surface area (Å²) in [6.07, 6.45) is 0. The average Bonchev–Trinajstić information content (AvgIpc) is 2.51. The van der Waals surface area contributed by atoms with Gasteiger partial charge in [-0.05, 0) is 36.4 Å². The van der Waals surface area contributed by atoms with Crippen LogP contribution in [0.1, 0.15) is 0 Å². The highest BCUT2D eigenvalue weighted by atomic mass is 79.9. The monoisotopic (exact) mass is 376 g/mol. The first-order chi connectivity index (χ1) is 9.45. The second-order valence-electron chi connectivity index (χ2n) is 4.25. The molecule has 0 saturated carbocycles. The zero-order chi connectivity index (χ0) is 12.9. The lowest BCUT2D eigenvalue weighted by Crippen LogP contribution is -3.00. The zero-order valence-electron chi connectivity index (χ0n) is 11.4. The molecule has 0 radical (unpaired) electrons. The molecule has 0 saturated heterocycles. The van der Waals surface area contributed by atoms with Gasteiger partial charge in [0.05, 0.1) is 10.9 Å². The van der Waals surface area contributed by atoms with Crippen LogP contribution in [0.15, 0.2) is 106 Å². The molecular formula is C18H17BrS2. The second kappa shape index (κ2) is 8.98. The summed E-state index contributed by atoms with van der Waals surface area (Å²) in [4.78, 5) is 4.08. The molecule has 0 amide bonds. The fraction of sp³-hybridized carbons (Fsp3) is 0. The quantitative estimate of drug-likeness (QED) is 0.612. The van der Waals surface area contributed by atoms with Crippen LogP contribution in [0.25, 0.3) is 0 Å². The predicted octanol–water partition coefficient (Wildman–Crippen LogP) is 1.90. The van der Waals surface area contributed by atoms with Gasteiger partial charge >= 0.3 is 0 Å². The third-order valence-corrected chi connectivity index (χ3v) is 5.17. The molecule has 3 aromatic rings. The van der Waals surface area contributed by atoms with Gasteiger partial charge < -0.3 is 17.0 Å². The van der Waals surface area contributed by atoms with Crippen molar-refractivity contribution in [2.75, 3.05) is 0 Å². The van der Waals surface area contributed by atoms with Gasteiger partial charge in [-0.15, -0.1) is 0 Å². The number of benzene rings is 3. The van der Waals surface area contributed by atoms with Crippen LogP contribution in [0.3, 0.4) is 0 Å². The zero-order valence-corrected chi connectivity index (χ0v) is 14.8. The lowest BCUT2D eigenvalue weighted by Gasteiger charge is -2.07. The van der Waals surface area contributed by atoms with E-state index in [0.29, 0.717) is 0 Å². The van der Waals surface area contributed by atoms with Crippen LogP contribution in [0.5, 0.6) is 0 Å². The van der Waals surface area contributed by atoms with Crippen molar-refractivity contribution < 1.29 is 17.0 Å². The van der Waals surface area contributed by atoms with E-state index < -0.39 is 0 Å². The molecule has 0 bridgehead atoms. The van der Waals surface area contributed by atoms with E-state index in [1.165, 1.54) is 14.7 Å². The Hall–Kier alpha value is -1.16. The normalized spacial score (nSPS) is 9.57. The van der Waals surface area contributed by atoms with Crippen LogP contribution in [0.2, 0.25) is 0 Å². The maximum Gasteiger partial charge on any atom is 0.166 e. The highest BCUT2D eigenvalue weighted by Crippen LogP contribution is 2.30. The van der Waals surface area contributed by atoms with E-state index in [0.717, 1.165) is 0 Å². The van der Waals surface area contributed by atoms with E-state index >= 15 is 0 Å². The van der Waals surface area contributed by atoms with Crippen molar-refractivity contribution in [3.63, 3.8) is 0 Å². The van der Waals surface area contributed by atoms with Gasteiger partial charge in [-0.2, -0.15) is 13.5 Å². The first-order valence-corrected chi connectivity index (χ1v) is 7.57. The minimum Gasteiger partial charge on any atom is -1.00 e. The van der Waals surface area contributed by atoms with Crippen LogP contribution in [0, 0.1) is 0 Å². The highest BCUT2D eigenvalue weighted by Gasteiger charge is 2.27. The summed E-state index contributed by atoms with van der Waals surface area (Å²) in [6, 6.07) is 32.2. The van der Waals surface area contributed by atoms with Gasteiger partial charge in [0.1, 0.15) is 0 Å². The minimum atomic E-state index is -0.0146. The average molecular weight is 377 g/mol. The summed E-state index contributed by atoms with van der Waals surface area (Å²) in [7, 11) is -0.0146. The Balaban J connectivity index is 0.00000110. The molecule has 0 aliphatic carbocycles. The van der Waals surface area contributed by atoms with Crippen LogP contribution >= 0.6 is 13.5 Å². The molecule has 0 heterocycles. The number of rotatable bonds is 3. The third kappa shape index (κ3) is 4.40. The number of hydrogen-bond acceptors (Lipinski definition) is 0. The molecule has 0 unspecified atom stereocenters. The summed E-state index contributed by atoms with van der Waals surface area (Å²) in [5.74, 6) is 0. The third-order valence-electron chi connectivity index (χ3n) is 2.94. The molecular weight excluding hydrogens is 360 g/mol. The standard InChI is InChI=1S/C18H15S.BrH.H2S/c1-4-10-16(11-5-1)19(17-12-6-2-7-13-17)18-14-8-3-9-15-18;;/h1-15H;1H;1H2/q+1;;/p-1. The molecule has 0 fully saturated rings. The smallest absolute Gasteiger partial charge is 0.166 e. The molecule has 3 heteroatoms. The van der Waals surface area contributed by atoms with Crippen LogP contribution in [0.4, 0.5) is 0 Å². The number of hydrogen-bond donors (Lipinski definition) is 0. The summed E-state index contributed by atoms with van der Waals surface area (Å²) in [5, 5.41) is 0. The summed E-state index contributed by atoms with van der Waals surface area (Å²) in [5.41, 5.74) is 0. The molecule has 0 nitrogen and oxygen atoms in total. The van der Waals surface area contributed by atoms with E-state index in [9.17, 15) is 0 Å². The van der Waals surface area contributed by atoms with Crippen molar-refractivity contribution in [2.24, 2.45) is 0 Å². The molecule has 0 spiro atoms. The van der Waals surface area contributed by atoms with Crippen molar-refractivity contribution in [1.82, 2.24) is 0 Å². The largest absolute Gasteiger partial charge is 1.00 e. The van der Waals surface area contributed by atoms with Gasteiger partial charge in [0.2, 0.25) is 0 Å². The minimum absolute atomic E-state index is 0. The topological polar surface area (TPSA) is 0 Å². The van der Waals surface area contributed by atoms with E-state index in [1.54, 1.807) is 0 Å². The van der Waals surface area contributed by atoms with Crippen molar-refractivity contribution in [3.8, 4) is 0 Å². The molecule has 21 heavy (non-hydrogen) atoms. The van der Waals surface area contributed by atoms with Crippen molar-refractivity contribution >= 4 is 24.4 Å². The SMILES string of the molecule is S.[Br-].c1ccc([S+](c2ccccc2)c2ccccc2)cc1. The van der Waals surface area contributed by atoms with Gasteiger partial charge in [-0.1, -0.05) is 54.6 Å². The van der Waals surface area contributed by atoms with Gasteiger partial charge in [-0.25, -0.2) is 0 Å². The highest BCUT2D eigenvalue weighted by molar-refractivity contribution is 7.97. The maximum atomic E-state index is 2.21. The second-order valence-corrected chi connectivity index (χ2v) is 6.27. The maximum absolute atomic E-state index is 2.21. The van der Waals surface area contributed by atoms with Crippen molar-refractivity contribution in [3.05, 3.63) is 91.0 Å². The molecule has 0 aromatic heterocycles. The lowest BCUT2D eigenvalue weighted by atomic mass is 10.4. The van der Waals surface area contributed by atoms with E-state index in [2.05, 4.69) is 91.0 Å². The number of halogens is 1. The Morgan fingerprint density at radius 1 is 0.429 bits per heavy atom. The Morgan fingerprint density at radius 3 is 0.905 bits per heavy atom. The van der Waals surface area contributed by atoms with E-state index in [-0.39, 0.29) is 41.4 Å². The Labute approximate surface area is 146 Å². The van der Waals surface area contributed by atoms with Gasteiger partial charge in [-0.3, -0.25) is 0 Å². The van der Waals surface area contributed by atoms with E-state index in [1.807, 2.05) is 0 Å². The van der Waals surface area contributed by atoms with Gasteiger partial charge in [0, 0.05) is 0 Å². The molecule has 108 valence electrons. The van der Waals surface area contributed by atoms with Gasteiger partial charge in [0.15, 0.2) is 14.7 Å². The fourth-order valence-corrected chi connectivity index (χ4v) is 4.18. The molecule has 0 aliphatic rings. The van der Waals surface area contributed by atoms with E-state index in [4.69, 9.17) is 0 Å². The first kappa shape index (κ1) is 17.9. The van der Waals surface area contributed by atoms with Crippen molar-refractivity contribution in [1.29, 1.82) is 0 Å². The Bertz CT molecular complexity index is 533. The molecule has 0 aliphatic heterocycles. The molecule has 0 N–H and O–H groups in total. The fourth-order valence-electron chi connectivity index (χ4n) is 2.08. The summed E-state index contributed by atoms with van der Waals surface area (Å²) >= 11 is 0. The first-order valence-electron chi connectivity index (χ1n) is 6.34. The Kier molecular flexibility index (Phi) is 7.65. The Morgan fingerprint density at radius 2 is 0.667 bits per heavy atom. The van der Waals surface area contributed by atoms with Crippen LogP contribution in [-0.4, -0.2) is 0 Å². The molecule has 3 rings (SSSR count). The lowest BCUT2D eigenvalue weighted by molar-refractivity contribution is -0.00000385. The van der Waals surface area contributed by atoms with Crippen LogP contribution in [-0.2, 0) is 10.9 Å². The van der Waals surface area contributed by atoms with Crippen LogP contribution < -0.4 is 17.0 Å². The van der Waals surface area contributed by atoms with Crippen molar-refractivity contribution in [2.45, 2.75) is 14.7 Å². The summed E-state index contributed by atoms with van der Waals surface area (Å²) in [6.45, 7) is 0. The summed E-state index contributed by atoms with van der Waals surface area (Å²) < 4.78 is 0.